The fourth-order valence-corrected chi connectivity index (χ4v) is 4.21. The van der Waals surface area contributed by atoms with Crippen LogP contribution in [0.15, 0.2) is 55.3 Å². The first-order chi connectivity index (χ1) is 15.4. The second-order valence-electron chi connectivity index (χ2n) is 9.58. The Morgan fingerprint density at radius 1 is 1.27 bits per heavy atom. The second kappa shape index (κ2) is 9.56. The summed E-state index contributed by atoms with van der Waals surface area (Å²) >= 11 is 6.02. The van der Waals surface area contributed by atoms with Crippen LogP contribution in [0.5, 0.6) is 0 Å². The van der Waals surface area contributed by atoms with Gasteiger partial charge < -0.3 is 9.47 Å². The van der Waals surface area contributed by atoms with Gasteiger partial charge in [0, 0.05) is 16.6 Å². The summed E-state index contributed by atoms with van der Waals surface area (Å²) in [5.74, 6) is -0.691. The molecule has 0 spiro atoms. The molecule has 0 saturated carbocycles. The third kappa shape index (κ3) is 5.74. The van der Waals surface area contributed by atoms with Crippen LogP contribution < -0.4 is 0 Å². The Morgan fingerprint density at radius 2 is 1.94 bits per heavy atom. The quantitative estimate of drug-likeness (QED) is 0.456. The first kappa shape index (κ1) is 24.8. The third-order valence-corrected chi connectivity index (χ3v) is 5.80. The average molecular weight is 474 g/mol. The van der Waals surface area contributed by atoms with Crippen molar-refractivity contribution in [3.05, 3.63) is 71.7 Å². The van der Waals surface area contributed by atoms with Crippen molar-refractivity contribution < 1.29 is 23.5 Å². The number of halogens is 2. The summed E-state index contributed by atoms with van der Waals surface area (Å²) < 4.78 is 25.0. The van der Waals surface area contributed by atoms with Crippen LogP contribution in [0, 0.1) is 11.2 Å². The molecule has 1 saturated heterocycles. The van der Waals surface area contributed by atoms with Crippen molar-refractivity contribution in [2.24, 2.45) is 5.41 Å². The fourth-order valence-electron chi connectivity index (χ4n) is 4.04. The highest BCUT2D eigenvalue weighted by Crippen LogP contribution is 2.39. The topological polar surface area (TPSA) is 55.8 Å². The van der Waals surface area contributed by atoms with E-state index in [2.05, 4.69) is 6.58 Å². The lowest BCUT2D eigenvalue weighted by Gasteiger charge is -2.27. The van der Waals surface area contributed by atoms with E-state index < -0.39 is 23.2 Å². The van der Waals surface area contributed by atoms with Crippen molar-refractivity contribution >= 4 is 23.6 Å². The Hall–Kier alpha value is -2.86. The van der Waals surface area contributed by atoms with E-state index in [1.54, 1.807) is 45.9 Å². The van der Waals surface area contributed by atoms with Gasteiger partial charge in [0.15, 0.2) is 0 Å². The summed E-state index contributed by atoms with van der Waals surface area (Å²) in [4.78, 5) is 27.3. The number of carbonyl (C=O) groups is 2. The Kier molecular flexibility index (Phi) is 7.17. The van der Waals surface area contributed by atoms with Gasteiger partial charge in [-0.05, 0) is 69.9 Å². The molecule has 2 aromatic rings. The van der Waals surface area contributed by atoms with Gasteiger partial charge in [-0.15, -0.1) is 0 Å². The second-order valence-corrected chi connectivity index (χ2v) is 10.0. The lowest BCUT2D eigenvalue weighted by atomic mass is 9.86. The Bertz CT molecular complexity index is 1050. The smallest absolute Gasteiger partial charge is 0.417 e. The molecular weight excluding hydrogens is 445 g/mol. The molecule has 0 aromatic heterocycles. The first-order valence-corrected chi connectivity index (χ1v) is 11.1. The average Bonchev–Trinajstić information content (AvgIpc) is 2.98. The van der Waals surface area contributed by atoms with Crippen LogP contribution in [-0.2, 0) is 20.7 Å². The van der Waals surface area contributed by atoms with Crippen LogP contribution in [-0.4, -0.2) is 35.2 Å². The molecule has 1 aliphatic heterocycles. The van der Waals surface area contributed by atoms with Gasteiger partial charge in [0.2, 0.25) is 5.91 Å². The van der Waals surface area contributed by atoms with Crippen LogP contribution in [0.25, 0.3) is 11.1 Å². The molecule has 0 aliphatic carbocycles. The van der Waals surface area contributed by atoms with E-state index in [0.29, 0.717) is 29.0 Å². The SMILES string of the molecule is C=COC[C@@]1(C)C[C@@H](Cc2ccc(-c3cc(Cl)ccc3F)cc2)N(C(=O)OC(C)(C)C)C1=O. The molecule has 33 heavy (non-hydrogen) atoms. The van der Waals surface area contributed by atoms with E-state index in [0.717, 1.165) is 5.56 Å². The Morgan fingerprint density at radius 3 is 2.55 bits per heavy atom. The highest BCUT2D eigenvalue weighted by molar-refractivity contribution is 6.30. The van der Waals surface area contributed by atoms with E-state index in [-0.39, 0.29) is 18.3 Å². The fraction of sp³-hybridized carbons (Fsp3) is 0.385. The first-order valence-electron chi connectivity index (χ1n) is 10.8. The molecule has 0 bridgehead atoms. The zero-order chi connectivity index (χ0) is 24.4. The number of hydrogen-bond donors (Lipinski definition) is 0. The van der Waals surface area contributed by atoms with Crippen molar-refractivity contribution in [1.29, 1.82) is 0 Å². The molecule has 2 amide bonds. The minimum atomic E-state index is -0.875. The lowest BCUT2D eigenvalue weighted by molar-refractivity contribution is -0.137. The largest absolute Gasteiger partial charge is 0.501 e. The molecule has 3 rings (SSSR count). The number of nitrogens with zero attached hydrogens (tertiary/aromatic N) is 1. The van der Waals surface area contributed by atoms with Crippen LogP contribution in [0.4, 0.5) is 9.18 Å². The Labute approximate surface area is 199 Å². The summed E-state index contributed by atoms with van der Waals surface area (Å²) in [6.07, 6.45) is 1.48. The molecule has 1 aliphatic rings. The normalized spacial score (nSPS) is 20.6. The van der Waals surface area contributed by atoms with Crippen molar-refractivity contribution in [2.75, 3.05) is 6.61 Å². The number of amides is 2. The summed E-state index contributed by atoms with van der Waals surface area (Å²) in [6, 6.07) is 11.4. The summed E-state index contributed by atoms with van der Waals surface area (Å²) in [5, 5.41) is 0.453. The maximum atomic E-state index is 14.2. The minimum Gasteiger partial charge on any atom is -0.501 e. The predicted octanol–water partition coefficient (Wildman–Crippen LogP) is 6.39. The van der Waals surface area contributed by atoms with Crippen LogP contribution in [0.1, 0.15) is 39.7 Å². The number of carbonyl (C=O) groups excluding carboxylic acids is 2. The van der Waals surface area contributed by atoms with Gasteiger partial charge in [-0.25, -0.2) is 14.1 Å². The van der Waals surface area contributed by atoms with E-state index in [9.17, 15) is 14.0 Å². The summed E-state index contributed by atoms with van der Waals surface area (Å²) in [6.45, 7) is 10.7. The molecule has 0 radical (unpaired) electrons. The summed E-state index contributed by atoms with van der Waals surface area (Å²) in [5.41, 5.74) is 0.395. The van der Waals surface area contributed by atoms with Crippen molar-refractivity contribution in [3.63, 3.8) is 0 Å². The number of likely N-dealkylation sites (tertiary alicyclic amines) is 1. The zero-order valence-corrected chi connectivity index (χ0v) is 20.1. The van der Waals surface area contributed by atoms with Crippen LogP contribution in [0.3, 0.4) is 0 Å². The number of ether oxygens (including phenoxy) is 2. The Balaban J connectivity index is 1.85. The molecule has 1 heterocycles. The third-order valence-electron chi connectivity index (χ3n) is 5.56. The maximum Gasteiger partial charge on any atom is 0.417 e. The van der Waals surface area contributed by atoms with E-state index in [1.807, 2.05) is 12.1 Å². The van der Waals surface area contributed by atoms with Gasteiger partial charge in [0.25, 0.3) is 0 Å². The van der Waals surface area contributed by atoms with Crippen LogP contribution >= 0.6 is 11.6 Å². The predicted molar refractivity (Wildman–Crippen MR) is 126 cm³/mol. The van der Waals surface area contributed by atoms with Gasteiger partial charge in [-0.3, -0.25) is 4.79 Å². The van der Waals surface area contributed by atoms with Gasteiger partial charge in [-0.1, -0.05) is 42.4 Å². The number of benzene rings is 2. The molecule has 5 nitrogen and oxygen atoms in total. The molecule has 0 unspecified atom stereocenters. The zero-order valence-electron chi connectivity index (χ0n) is 19.4. The van der Waals surface area contributed by atoms with Crippen LogP contribution in [0.2, 0.25) is 5.02 Å². The van der Waals surface area contributed by atoms with Crippen molar-refractivity contribution in [2.45, 2.75) is 52.2 Å². The monoisotopic (exact) mass is 473 g/mol. The molecule has 1 fully saturated rings. The van der Waals surface area contributed by atoms with E-state index in [4.69, 9.17) is 21.1 Å². The molecular formula is C26H29ClFNO4. The maximum absolute atomic E-state index is 14.2. The van der Waals surface area contributed by atoms with E-state index >= 15 is 0 Å². The summed E-state index contributed by atoms with van der Waals surface area (Å²) in [7, 11) is 0. The van der Waals surface area contributed by atoms with Gasteiger partial charge in [0.1, 0.15) is 18.0 Å². The van der Waals surface area contributed by atoms with Crippen molar-refractivity contribution in [1.82, 2.24) is 4.90 Å². The number of rotatable bonds is 6. The molecule has 7 heteroatoms. The highest BCUT2D eigenvalue weighted by Gasteiger charge is 2.52. The number of imide groups is 1. The highest BCUT2D eigenvalue weighted by atomic mass is 35.5. The molecule has 2 aromatic carbocycles. The van der Waals surface area contributed by atoms with Crippen molar-refractivity contribution in [3.8, 4) is 11.1 Å². The standard InChI is InChI=1S/C26H29ClFNO4/c1-6-32-16-26(5)15-20(29(23(26)30)24(31)33-25(2,3)4)13-17-7-9-18(10-8-17)21-14-19(27)11-12-22(21)28/h6-12,14,20H,1,13,15-16H2,2-5H3/t20-,26-/m1/s1. The van der Waals surface area contributed by atoms with E-state index in [1.165, 1.54) is 23.3 Å². The lowest BCUT2D eigenvalue weighted by Crippen LogP contribution is -2.45. The number of hydrogen-bond acceptors (Lipinski definition) is 4. The molecule has 0 N–H and O–H groups in total. The van der Waals surface area contributed by atoms with Gasteiger partial charge >= 0.3 is 6.09 Å². The molecule has 2 atom stereocenters. The van der Waals surface area contributed by atoms with Gasteiger partial charge in [-0.2, -0.15) is 0 Å². The van der Waals surface area contributed by atoms with Gasteiger partial charge in [0.05, 0.1) is 11.7 Å². The molecule has 176 valence electrons. The minimum absolute atomic E-state index is 0.123.